The van der Waals surface area contributed by atoms with Crippen LogP contribution in [-0.4, -0.2) is 34.8 Å². The van der Waals surface area contributed by atoms with Crippen molar-refractivity contribution in [3.8, 4) is 10.6 Å². The van der Waals surface area contributed by atoms with Crippen molar-refractivity contribution in [1.29, 1.82) is 0 Å². The molecule has 4 aromatic rings. The number of aromatic nitrogens is 1. The van der Waals surface area contributed by atoms with Gasteiger partial charge in [0.15, 0.2) is 0 Å². The van der Waals surface area contributed by atoms with Gasteiger partial charge in [-0.05, 0) is 73.9 Å². The fraction of sp³-hybridized carbons (Fsp3) is 0.222. The number of anilines is 1. The monoisotopic (exact) mass is 491 g/mol. The number of aryl methyl sites for hydroxylation is 1. The lowest BCUT2D eigenvalue weighted by Crippen LogP contribution is -2.41. The van der Waals surface area contributed by atoms with Gasteiger partial charge in [0, 0.05) is 36.3 Å². The van der Waals surface area contributed by atoms with Crippen molar-refractivity contribution in [2.24, 2.45) is 5.92 Å². The molecule has 1 aliphatic heterocycles. The topological polar surface area (TPSA) is 62.3 Å². The van der Waals surface area contributed by atoms with Crippen LogP contribution >= 0.6 is 11.3 Å². The maximum atomic E-state index is 14.0. The summed E-state index contributed by atoms with van der Waals surface area (Å²) in [7, 11) is 0. The van der Waals surface area contributed by atoms with Gasteiger partial charge in [-0.1, -0.05) is 6.07 Å². The molecule has 0 saturated carbocycles. The van der Waals surface area contributed by atoms with Crippen LogP contribution in [0, 0.1) is 24.5 Å². The number of fused-ring (bicyclic) bond motifs is 1. The first-order valence-corrected chi connectivity index (χ1v) is 12.2. The Morgan fingerprint density at radius 1 is 1.00 bits per heavy atom. The van der Waals surface area contributed by atoms with Crippen molar-refractivity contribution < 1.29 is 18.4 Å². The standard InChI is InChI=1S/C27H23F2N3O2S/c1-16-2-9-23-24(14-16)35-26(31-23)18-3-6-20(7-4-18)30-25(33)17-10-12-32(13-11-17)27(34)21-8-5-19(28)15-22(21)29/h2-9,14-15,17H,10-13H2,1H3,(H,30,33). The van der Waals surface area contributed by atoms with Gasteiger partial charge in [-0.15, -0.1) is 11.3 Å². The second-order valence-electron chi connectivity index (χ2n) is 8.75. The van der Waals surface area contributed by atoms with Gasteiger partial charge in [0.25, 0.3) is 5.91 Å². The van der Waals surface area contributed by atoms with Gasteiger partial charge in [0.1, 0.15) is 16.6 Å². The molecule has 1 N–H and O–H groups in total. The Bertz CT molecular complexity index is 1410. The zero-order valence-corrected chi connectivity index (χ0v) is 19.9. The SMILES string of the molecule is Cc1ccc2nc(-c3ccc(NC(=O)C4CCN(C(=O)c5ccc(F)cc5F)CC4)cc3)sc2c1. The number of thiazole rings is 1. The minimum atomic E-state index is -0.876. The van der Waals surface area contributed by atoms with E-state index in [-0.39, 0.29) is 17.4 Å². The van der Waals surface area contributed by atoms with E-state index in [0.29, 0.717) is 37.7 Å². The molecular formula is C27H23F2N3O2S. The first-order chi connectivity index (χ1) is 16.9. The molecule has 1 aliphatic rings. The molecule has 0 aliphatic carbocycles. The van der Waals surface area contributed by atoms with Crippen LogP contribution in [0.1, 0.15) is 28.8 Å². The van der Waals surface area contributed by atoms with Gasteiger partial charge in [0.05, 0.1) is 15.8 Å². The van der Waals surface area contributed by atoms with Gasteiger partial charge in [0.2, 0.25) is 5.91 Å². The molecule has 5 rings (SSSR count). The van der Waals surface area contributed by atoms with Crippen molar-refractivity contribution in [2.45, 2.75) is 19.8 Å². The molecule has 2 amide bonds. The summed E-state index contributed by atoms with van der Waals surface area (Å²) < 4.78 is 28.2. The molecular weight excluding hydrogens is 468 g/mol. The molecule has 2 heterocycles. The van der Waals surface area contributed by atoms with E-state index < -0.39 is 17.5 Å². The number of piperidine rings is 1. The lowest BCUT2D eigenvalue weighted by Gasteiger charge is -2.31. The zero-order chi connectivity index (χ0) is 24.5. The molecule has 1 fully saturated rings. The Morgan fingerprint density at radius 2 is 1.74 bits per heavy atom. The third-order valence-electron chi connectivity index (χ3n) is 6.26. The van der Waals surface area contributed by atoms with Crippen molar-refractivity contribution in [3.05, 3.63) is 83.4 Å². The predicted molar refractivity (Wildman–Crippen MR) is 133 cm³/mol. The van der Waals surface area contributed by atoms with E-state index in [2.05, 4.69) is 18.3 Å². The average molecular weight is 492 g/mol. The van der Waals surface area contributed by atoms with E-state index in [0.717, 1.165) is 32.9 Å². The predicted octanol–water partition coefficient (Wildman–Crippen LogP) is 6.04. The summed E-state index contributed by atoms with van der Waals surface area (Å²) >= 11 is 1.64. The van der Waals surface area contributed by atoms with Crippen molar-refractivity contribution in [3.63, 3.8) is 0 Å². The number of carbonyl (C=O) groups is 2. The van der Waals surface area contributed by atoms with Gasteiger partial charge in [-0.2, -0.15) is 0 Å². The highest BCUT2D eigenvalue weighted by Gasteiger charge is 2.29. The molecule has 3 aromatic carbocycles. The first kappa shape index (κ1) is 23.1. The number of likely N-dealkylation sites (tertiary alicyclic amines) is 1. The average Bonchev–Trinajstić information content (AvgIpc) is 3.27. The molecule has 0 unspecified atom stereocenters. The highest BCUT2D eigenvalue weighted by atomic mass is 32.1. The number of halogens is 2. The zero-order valence-electron chi connectivity index (χ0n) is 19.1. The molecule has 5 nitrogen and oxygen atoms in total. The normalized spacial score (nSPS) is 14.3. The quantitative estimate of drug-likeness (QED) is 0.379. The van der Waals surface area contributed by atoms with E-state index in [4.69, 9.17) is 4.98 Å². The van der Waals surface area contributed by atoms with E-state index in [1.165, 1.54) is 10.5 Å². The molecule has 178 valence electrons. The summed E-state index contributed by atoms with van der Waals surface area (Å²) in [5.74, 6) is -2.43. The number of nitrogens with one attached hydrogen (secondary N) is 1. The Morgan fingerprint density at radius 3 is 2.46 bits per heavy atom. The van der Waals surface area contributed by atoms with Crippen molar-refractivity contribution in [1.82, 2.24) is 9.88 Å². The molecule has 0 atom stereocenters. The maximum absolute atomic E-state index is 14.0. The third-order valence-corrected chi connectivity index (χ3v) is 7.33. The number of hydrogen-bond donors (Lipinski definition) is 1. The third kappa shape index (κ3) is 4.93. The molecule has 0 bridgehead atoms. The summed E-state index contributed by atoms with van der Waals surface area (Å²) in [5, 5.41) is 3.88. The fourth-order valence-corrected chi connectivity index (χ4v) is 5.34. The molecule has 35 heavy (non-hydrogen) atoms. The van der Waals surface area contributed by atoms with Crippen LogP contribution in [0.3, 0.4) is 0 Å². The van der Waals surface area contributed by atoms with Gasteiger partial charge in [-0.25, -0.2) is 13.8 Å². The van der Waals surface area contributed by atoms with Crippen LogP contribution < -0.4 is 5.32 Å². The number of nitrogens with zero attached hydrogens (tertiary/aromatic N) is 2. The molecule has 1 saturated heterocycles. The summed E-state index contributed by atoms with van der Waals surface area (Å²) in [6.45, 7) is 2.73. The number of rotatable bonds is 4. The second-order valence-corrected chi connectivity index (χ2v) is 9.78. The number of carbonyl (C=O) groups excluding carboxylic acids is 2. The lowest BCUT2D eigenvalue weighted by molar-refractivity contribution is -0.121. The Hall–Kier alpha value is -3.65. The highest BCUT2D eigenvalue weighted by molar-refractivity contribution is 7.21. The van der Waals surface area contributed by atoms with Crippen molar-refractivity contribution in [2.75, 3.05) is 18.4 Å². The largest absolute Gasteiger partial charge is 0.339 e. The van der Waals surface area contributed by atoms with Crippen LogP contribution in [0.2, 0.25) is 0 Å². The summed E-state index contributed by atoms with van der Waals surface area (Å²) in [5.41, 5.74) is 3.70. The molecule has 1 aromatic heterocycles. The van der Waals surface area contributed by atoms with Crippen LogP contribution in [0.25, 0.3) is 20.8 Å². The van der Waals surface area contributed by atoms with E-state index >= 15 is 0 Å². The summed E-state index contributed by atoms with van der Waals surface area (Å²) in [4.78, 5) is 31.6. The molecule has 8 heteroatoms. The minimum absolute atomic E-state index is 0.103. The lowest BCUT2D eigenvalue weighted by atomic mass is 9.95. The number of amides is 2. The van der Waals surface area contributed by atoms with Crippen molar-refractivity contribution >= 4 is 39.1 Å². The smallest absolute Gasteiger partial charge is 0.256 e. The van der Waals surface area contributed by atoms with Gasteiger partial charge < -0.3 is 10.2 Å². The molecule has 0 spiro atoms. The van der Waals surface area contributed by atoms with Crippen LogP contribution in [0.4, 0.5) is 14.5 Å². The maximum Gasteiger partial charge on any atom is 0.256 e. The van der Waals surface area contributed by atoms with Crippen LogP contribution in [0.15, 0.2) is 60.7 Å². The van der Waals surface area contributed by atoms with Gasteiger partial charge in [-0.3, -0.25) is 9.59 Å². The number of hydrogen-bond acceptors (Lipinski definition) is 4. The summed E-state index contributed by atoms with van der Waals surface area (Å²) in [6, 6.07) is 16.7. The Kier molecular flexibility index (Phi) is 6.30. The molecule has 0 radical (unpaired) electrons. The summed E-state index contributed by atoms with van der Waals surface area (Å²) in [6.07, 6.45) is 0.952. The van der Waals surface area contributed by atoms with E-state index in [1.807, 2.05) is 36.4 Å². The number of benzene rings is 3. The van der Waals surface area contributed by atoms with Crippen LogP contribution in [-0.2, 0) is 4.79 Å². The fourth-order valence-electron chi connectivity index (χ4n) is 4.27. The van der Waals surface area contributed by atoms with E-state index in [9.17, 15) is 18.4 Å². The highest BCUT2D eigenvalue weighted by Crippen LogP contribution is 2.31. The van der Waals surface area contributed by atoms with E-state index in [1.54, 1.807) is 11.3 Å². The van der Waals surface area contributed by atoms with Crippen LogP contribution in [0.5, 0.6) is 0 Å². The second kappa shape index (κ2) is 9.54. The Labute approximate surface area is 205 Å². The Balaban J connectivity index is 1.18. The minimum Gasteiger partial charge on any atom is -0.339 e. The van der Waals surface area contributed by atoms with Gasteiger partial charge >= 0.3 is 0 Å². The first-order valence-electron chi connectivity index (χ1n) is 11.4.